The van der Waals surface area contributed by atoms with Crippen molar-refractivity contribution >= 4 is 27.7 Å². The van der Waals surface area contributed by atoms with Crippen molar-refractivity contribution in [2.45, 2.75) is 13.3 Å². The highest BCUT2D eigenvalue weighted by atomic mass is 19.1. The van der Waals surface area contributed by atoms with Gasteiger partial charge in [0.1, 0.15) is 11.5 Å². The Hall–Kier alpha value is -3.99. The van der Waals surface area contributed by atoms with Crippen molar-refractivity contribution < 1.29 is 9.18 Å². The molecule has 0 atom stereocenters. The number of aromatic nitrogens is 2. The van der Waals surface area contributed by atoms with Crippen LogP contribution in [0.4, 0.5) is 4.39 Å². The molecule has 5 rings (SSSR count). The number of aryl methyl sites for hydroxylation is 1. The summed E-state index contributed by atoms with van der Waals surface area (Å²) in [4.78, 5) is 21.2. The first-order valence-corrected chi connectivity index (χ1v) is 10.6. The van der Waals surface area contributed by atoms with E-state index in [9.17, 15) is 9.18 Å². The summed E-state index contributed by atoms with van der Waals surface area (Å²) in [6, 6.07) is 24.3. The Labute approximate surface area is 185 Å². The SMILES string of the molecule is Cc1ccc(-c2nc(C(=O)NCCc3ccc(F)cc3)cc3c2[nH]c2ccccc23)cc1. The van der Waals surface area contributed by atoms with Crippen LogP contribution >= 0.6 is 0 Å². The fourth-order valence-corrected chi connectivity index (χ4v) is 3.94. The molecule has 32 heavy (non-hydrogen) atoms. The average Bonchev–Trinajstić information content (AvgIpc) is 3.19. The van der Waals surface area contributed by atoms with E-state index in [1.165, 1.54) is 12.1 Å². The Morgan fingerprint density at radius 3 is 2.50 bits per heavy atom. The minimum absolute atomic E-state index is 0.229. The van der Waals surface area contributed by atoms with Gasteiger partial charge in [-0.25, -0.2) is 9.37 Å². The number of hydrogen-bond donors (Lipinski definition) is 2. The molecular weight excluding hydrogens is 401 g/mol. The molecule has 2 heterocycles. The minimum Gasteiger partial charge on any atom is -0.353 e. The predicted molar refractivity (Wildman–Crippen MR) is 126 cm³/mol. The van der Waals surface area contributed by atoms with Gasteiger partial charge < -0.3 is 10.3 Å². The monoisotopic (exact) mass is 423 g/mol. The molecule has 0 aliphatic carbocycles. The van der Waals surface area contributed by atoms with Crippen LogP contribution in [0, 0.1) is 12.7 Å². The van der Waals surface area contributed by atoms with Gasteiger partial charge in [0, 0.05) is 28.4 Å². The van der Waals surface area contributed by atoms with Crippen LogP contribution in [0.25, 0.3) is 33.1 Å². The molecule has 0 unspecified atom stereocenters. The van der Waals surface area contributed by atoms with Gasteiger partial charge in [-0.15, -0.1) is 0 Å². The summed E-state index contributed by atoms with van der Waals surface area (Å²) in [6.07, 6.45) is 0.617. The van der Waals surface area contributed by atoms with E-state index in [0.717, 1.165) is 44.2 Å². The Bertz CT molecular complexity index is 1420. The lowest BCUT2D eigenvalue weighted by Crippen LogP contribution is -2.26. The number of pyridine rings is 1. The van der Waals surface area contributed by atoms with Crippen molar-refractivity contribution in [1.29, 1.82) is 0 Å². The number of carbonyl (C=O) groups excluding carboxylic acids is 1. The minimum atomic E-state index is -0.266. The molecule has 0 radical (unpaired) electrons. The highest BCUT2D eigenvalue weighted by Crippen LogP contribution is 2.32. The van der Waals surface area contributed by atoms with Gasteiger partial charge in [0.25, 0.3) is 5.91 Å². The number of fused-ring (bicyclic) bond motifs is 3. The third-order valence-electron chi connectivity index (χ3n) is 5.67. The number of hydrogen-bond acceptors (Lipinski definition) is 2. The van der Waals surface area contributed by atoms with Gasteiger partial charge in [-0.05, 0) is 43.2 Å². The largest absolute Gasteiger partial charge is 0.353 e. The van der Waals surface area contributed by atoms with Crippen molar-refractivity contribution in [3.8, 4) is 11.3 Å². The van der Waals surface area contributed by atoms with Crippen LogP contribution in [0.15, 0.2) is 78.9 Å². The van der Waals surface area contributed by atoms with Crippen LogP contribution < -0.4 is 5.32 Å². The van der Waals surface area contributed by atoms with Gasteiger partial charge in [0.2, 0.25) is 0 Å². The molecule has 0 aliphatic rings. The maximum Gasteiger partial charge on any atom is 0.269 e. The van der Waals surface area contributed by atoms with Gasteiger partial charge in [-0.2, -0.15) is 0 Å². The van der Waals surface area contributed by atoms with Crippen LogP contribution in [0.2, 0.25) is 0 Å². The Balaban J connectivity index is 1.50. The lowest BCUT2D eigenvalue weighted by atomic mass is 10.0. The molecule has 3 aromatic carbocycles. The first-order valence-electron chi connectivity index (χ1n) is 10.6. The average molecular weight is 423 g/mol. The van der Waals surface area contributed by atoms with Crippen molar-refractivity contribution in [3.63, 3.8) is 0 Å². The maximum absolute atomic E-state index is 13.1. The van der Waals surface area contributed by atoms with Crippen LogP contribution in [-0.4, -0.2) is 22.4 Å². The molecule has 0 aliphatic heterocycles. The highest BCUT2D eigenvalue weighted by molar-refractivity contribution is 6.13. The highest BCUT2D eigenvalue weighted by Gasteiger charge is 2.17. The number of nitrogens with zero attached hydrogens (tertiary/aromatic N) is 1. The van der Waals surface area contributed by atoms with Crippen LogP contribution in [0.1, 0.15) is 21.6 Å². The van der Waals surface area contributed by atoms with Gasteiger partial charge in [-0.3, -0.25) is 4.79 Å². The van der Waals surface area contributed by atoms with E-state index in [1.54, 1.807) is 12.1 Å². The number of para-hydroxylation sites is 1. The summed E-state index contributed by atoms with van der Waals surface area (Å²) < 4.78 is 13.1. The quantitative estimate of drug-likeness (QED) is 0.375. The number of halogens is 1. The maximum atomic E-state index is 13.1. The molecule has 0 fully saturated rings. The van der Waals surface area contributed by atoms with Gasteiger partial charge >= 0.3 is 0 Å². The molecule has 4 nitrogen and oxygen atoms in total. The second-order valence-electron chi connectivity index (χ2n) is 7.95. The second kappa shape index (κ2) is 8.27. The molecule has 0 bridgehead atoms. The van der Waals surface area contributed by atoms with E-state index in [2.05, 4.69) is 10.3 Å². The number of carbonyl (C=O) groups is 1. The second-order valence-corrected chi connectivity index (χ2v) is 7.95. The summed E-state index contributed by atoms with van der Waals surface area (Å²) in [5.41, 5.74) is 6.13. The van der Waals surface area contributed by atoms with E-state index in [0.29, 0.717) is 18.7 Å². The Morgan fingerprint density at radius 2 is 1.72 bits per heavy atom. The van der Waals surface area contributed by atoms with Crippen LogP contribution in [0.3, 0.4) is 0 Å². The number of benzene rings is 3. The van der Waals surface area contributed by atoms with E-state index in [-0.39, 0.29) is 11.7 Å². The van der Waals surface area contributed by atoms with E-state index in [1.807, 2.05) is 61.5 Å². The topological polar surface area (TPSA) is 57.8 Å². The van der Waals surface area contributed by atoms with E-state index >= 15 is 0 Å². The molecule has 0 spiro atoms. The summed E-state index contributed by atoms with van der Waals surface area (Å²) in [5.74, 6) is -0.495. The number of rotatable bonds is 5. The molecule has 5 aromatic rings. The normalized spacial score (nSPS) is 11.2. The number of aromatic amines is 1. The van der Waals surface area contributed by atoms with Crippen molar-refractivity contribution in [3.05, 3.63) is 102 Å². The zero-order chi connectivity index (χ0) is 22.1. The van der Waals surface area contributed by atoms with Crippen molar-refractivity contribution in [2.24, 2.45) is 0 Å². The lowest BCUT2D eigenvalue weighted by Gasteiger charge is -2.09. The van der Waals surface area contributed by atoms with Crippen molar-refractivity contribution in [1.82, 2.24) is 15.3 Å². The molecule has 0 saturated heterocycles. The number of H-pyrrole nitrogens is 1. The van der Waals surface area contributed by atoms with E-state index < -0.39 is 0 Å². The smallest absolute Gasteiger partial charge is 0.269 e. The molecule has 5 heteroatoms. The Morgan fingerprint density at radius 1 is 0.969 bits per heavy atom. The Kier molecular flexibility index (Phi) is 5.15. The molecule has 2 aromatic heterocycles. The molecule has 158 valence electrons. The van der Waals surface area contributed by atoms with Gasteiger partial charge in [0.15, 0.2) is 0 Å². The summed E-state index contributed by atoms with van der Waals surface area (Å²) in [6.45, 7) is 2.48. The third kappa shape index (κ3) is 3.85. The van der Waals surface area contributed by atoms with Crippen LogP contribution in [-0.2, 0) is 6.42 Å². The zero-order valence-electron chi connectivity index (χ0n) is 17.7. The first kappa shape index (κ1) is 19.9. The predicted octanol–water partition coefficient (Wildman–Crippen LogP) is 5.80. The molecule has 1 amide bonds. The fourth-order valence-electron chi connectivity index (χ4n) is 3.94. The standard InChI is InChI=1S/C27H22FN3O/c1-17-6-10-19(11-7-17)25-26-22(21-4-2-3-5-23(21)30-26)16-24(31-25)27(32)29-15-14-18-8-12-20(28)13-9-18/h2-13,16,30H,14-15H2,1H3,(H,29,32). The number of nitrogens with one attached hydrogen (secondary N) is 2. The van der Waals surface area contributed by atoms with Crippen LogP contribution in [0.5, 0.6) is 0 Å². The number of amides is 1. The van der Waals surface area contributed by atoms with E-state index in [4.69, 9.17) is 4.98 Å². The van der Waals surface area contributed by atoms with Gasteiger partial charge in [-0.1, -0.05) is 60.2 Å². The molecular formula is C27H22FN3O. The third-order valence-corrected chi connectivity index (χ3v) is 5.67. The lowest BCUT2D eigenvalue weighted by molar-refractivity contribution is 0.0949. The summed E-state index contributed by atoms with van der Waals surface area (Å²) in [5, 5.41) is 4.97. The summed E-state index contributed by atoms with van der Waals surface area (Å²) >= 11 is 0. The first-order chi connectivity index (χ1) is 15.6. The fraction of sp³-hybridized carbons (Fsp3) is 0.111. The molecule has 2 N–H and O–H groups in total. The molecule has 0 saturated carbocycles. The van der Waals surface area contributed by atoms with Crippen molar-refractivity contribution in [2.75, 3.05) is 6.54 Å². The summed E-state index contributed by atoms with van der Waals surface area (Å²) in [7, 11) is 0. The van der Waals surface area contributed by atoms with Gasteiger partial charge in [0.05, 0.1) is 11.2 Å². The zero-order valence-corrected chi connectivity index (χ0v) is 17.7.